The van der Waals surface area contributed by atoms with Crippen LogP contribution in [0.15, 0.2) is 54.6 Å². The van der Waals surface area contributed by atoms with Crippen LogP contribution in [0.5, 0.6) is 0 Å². The second kappa shape index (κ2) is 11.1. The second-order valence-corrected chi connectivity index (χ2v) is 7.13. The number of hydrogen-bond acceptors (Lipinski definition) is 5. The van der Waals surface area contributed by atoms with E-state index in [1.54, 1.807) is 47.2 Å². The van der Waals surface area contributed by atoms with Crippen molar-refractivity contribution >= 4 is 29.5 Å². The molecule has 0 aliphatic heterocycles. The highest BCUT2D eigenvalue weighted by atomic mass is 19.1. The number of amides is 2. The summed E-state index contributed by atoms with van der Waals surface area (Å²) in [5.41, 5.74) is 4.07. The molecule has 0 atom stereocenters. The Kier molecular flexibility index (Phi) is 7.93. The Labute approximate surface area is 191 Å². The molecular formula is C24H25FN4O4. The van der Waals surface area contributed by atoms with E-state index in [0.29, 0.717) is 18.0 Å². The van der Waals surface area contributed by atoms with E-state index >= 15 is 0 Å². The lowest BCUT2D eigenvalue weighted by atomic mass is 10.2. The van der Waals surface area contributed by atoms with Crippen LogP contribution in [0.2, 0.25) is 0 Å². The number of hydrogen-bond donors (Lipinski definition) is 2. The zero-order valence-corrected chi connectivity index (χ0v) is 18.6. The molecule has 8 nitrogen and oxygen atoms in total. The van der Waals surface area contributed by atoms with Gasteiger partial charge in [0.2, 0.25) is 5.91 Å². The molecule has 0 saturated carbocycles. The average Bonchev–Trinajstić information content (AvgIpc) is 3.06. The van der Waals surface area contributed by atoms with E-state index < -0.39 is 6.09 Å². The third-order valence-electron chi connectivity index (χ3n) is 4.72. The van der Waals surface area contributed by atoms with Crippen LogP contribution < -0.4 is 10.6 Å². The van der Waals surface area contributed by atoms with E-state index in [2.05, 4.69) is 15.7 Å². The maximum atomic E-state index is 13.2. The minimum Gasteiger partial charge on any atom is -0.447 e. The largest absolute Gasteiger partial charge is 0.447 e. The third kappa shape index (κ3) is 6.50. The zero-order chi connectivity index (χ0) is 23.8. The fraction of sp³-hybridized carbons (Fsp3) is 0.208. The number of halogens is 1. The minimum atomic E-state index is -0.612. The number of aryl methyl sites for hydroxylation is 1. The number of rotatable bonds is 8. The van der Waals surface area contributed by atoms with Gasteiger partial charge in [0, 0.05) is 35.8 Å². The van der Waals surface area contributed by atoms with Crippen LogP contribution in [0.25, 0.3) is 11.8 Å². The normalized spacial score (nSPS) is 10.9. The van der Waals surface area contributed by atoms with E-state index in [1.807, 2.05) is 13.8 Å². The predicted octanol–water partition coefficient (Wildman–Crippen LogP) is 4.48. The Hall–Kier alpha value is -3.98. The molecular weight excluding hydrogens is 427 g/mol. The summed E-state index contributed by atoms with van der Waals surface area (Å²) < 4.78 is 24.7. The molecule has 3 rings (SSSR count). The van der Waals surface area contributed by atoms with Crippen molar-refractivity contribution in [2.24, 2.45) is 0 Å². The number of anilines is 2. The molecule has 172 valence electrons. The Morgan fingerprint density at radius 2 is 1.76 bits per heavy atom. The van der Waals surface area contributed by atoms with E-state index in [1.165, 1.54) is 25.3 Å². The van der Waals surface area contributed by atoms with E-state index in [9.17, 15) is 14.0 Å². The van der Waals surface area contributed by atoms with Crippen LogP contribution in [0.3, 0.4) is 0 Å². The highest BCUT2D eigenvalue weighted by Crippen LogP contribution is 2.20. The molecule has 2 aromatic carbocycles. The summed E-state index contributed by atoms with van der Waals surface area (Å²) in [5.74, 6) is -0.664. The summed E-state index contributed by atoms with van der Waals surface area (Å²) in [4.78, 5) is 24.2. The topological polar surface area (TPSA) is 94.5 Å². The van der Waals surface area contributed by atoms with Crippen molar-refractivity contribution in [1.82, 2.24) is 9.78 Å². The molecule has 0 spiro atoms. The molecule has 2 amide bonds. The molecule has 2 N–H and O–H groups in total. The summed E-state index contributed by atoms with van der Waals surface area (Å²) in [6, 6.07) is 12.7. The molecule has 0 aliphatic carbocycles. The monoisotopic (exact) mass is 452 g/mol. The third-order valence-corrected chi connectivity index (χ3v) is 4.72. The first kappa shape index (κ1) is 23.7. The smallest absolute Gasteiger partial charge is 0.411 e. The summed E-state index contributed by atoms with van der Waals surface area (Å²) in [7, 11) is 1.52. The molecule has 0 bridgehead atoms. The predicted molar refractivity (Wildman–Crippen MR) is 124 cm³/mol. The SMILES string of the molecule is COCCOC(=O)Nc1cccc(NC(=O)/C=C/c2c(C)nn(-c3ccc(F)cc3)c2C)c1. The number of benzene rings is 2. The van der Waals surface area contributed by atoms with Gasteiger partial charge in [-0.05, 0) is 62.4 Å². The maximum absolute atomic E-state index is 13.2. The molecule has 33 heavy (non-hydrogen) atoms. The Balaban J connectivity index is 1.65. The summed E-state index contributed by atoms with van der Waals surface area (Å²) >= 11 is 0. The lowest BCUT2D eigenvalue weighted by molar-refractivity contribution is -0.111. The van der Waals surface area contributed by atoms with Crippen LogP contribution in [0, 0.1) is 19.7 Å². The first-order chi connectivity index (χ1) is 15.9. The standard InChI is InChI=1S/C24H25FN4O4/c1-16-22(17(2)29(28-16)21-9-7-18(25)8-10-21)11-12-23(30)26-19-5-4-6-20(15-19)27-24(31)33-14-13-32-3/h4-12,15H,13-14H2,1-3H3,(H,26,30)(H,27,31)/b12-11+. The molecule has 9 heteroatoms. The molecule has 0 aliphatic rings. The van der Waals surface area contributed by atoms with Crippen LogP contribution in [0.1, 0.15) is 17.0 Å². The molecule has 3 aromatic rings. The number of nitrogens with zero attached hydrogens (tertiary/aromatic N) is 2. The van der Waals surface area contributed by atoms with Crippen molar-refractivity contribution in [3.05, 3.63) is 77.4 Å². The summed E-state index contributed by atoms with van der Waals surface area (Å²) in [6.07, 6.45) is 2.48. The maximum Gasteiger partial charge on any atom is 0.411 e. The van der Waals surface area contributed by atoms with Gasteiger partial charge in [-0.25, -0.2) is 13.9 Å². The van der Waals surface area contributed by atoms with E-state index in [4.69, 9.17) is 9.47 Å². The fourth-order valence-electron chi connectivity index (χ4n) is 3.12. The molecule has 0 fully saturated rings. The second-order valence-electron chi connectivity index (χ2n) is 7.13. The van der Waals surface area contributed by atoms with Gasteiger partial charge in [0.1, 0.15) is 12.4 Å². The molecule has 0 saturated heterocycles. The Bertz CT molecular complexity index is 1160. The van der Waals surface area contributed by atoms with Gasteiger partial charge in [-0.3, -0.25) is 10.1 Å². The lowest BCUT2D eigenvalue weighted by Crippen LogP contribution is -2.16. The first-order valence-corrected chi connectivity index (χ1v) is 10.2. The number of nitrogens with one attached hydrogen (secondary N) is 2. The van der Waals surface area contributed by atoms with Gasteiger partial charge in [0.15, 0.2) is 0 Å². The van der Waals surface area contributed by atoms with Crippen molar-refractivity contribution in [2.75, 3.05) is 31.0 Å². The van der Waals surface area contributed by atoms with E-state index in [-0.39, 0.29) is 18.3 Å². The van der Waals surface area contributed by atoms with Gasteiger partial charge < -0.3 is 14.8 Å². The Morgan fingerprint density at radius 1 is 1.06 bits per heavy atom. The Morgan fingerprint density at radius 3 is 2.45 bits per heavy atom. The van der Waals surface area contributed by atoms with Crippen molar-refractivity contribution in [3.8, 4) is 5.69 Å². The van der Waals surface area contributed by atoms with Gasteiger partial charge in [-0.1, -0.05) is 6.07 Å². The highest BCUT2D eigenvalue weighted by molar-refractivity contribution is 6.02. The summed E-state index contributed by atoms with van der Waals surface area (Å²) in [6.45, 7) is 4.16. The van der Waals surface area contributed by atoms with Gasteiger partial charge in [0.25, 0.3) is 0 Å². The number of carbonyl (C=O) groups is 2. The molecule has 1 heterocycles. The van der Waals surface area contributed by atoms with Crippen molar-refractivity contribution in [2.45, 2.75) is 13.8 Å². The van der Waals surface area contributed by atoms with Gasteiger partial charge in [-0.15, -0.1) is 0 Å². The van der Waals surface area contributed by atoms with Crippen LogP contribution in [-0.2, 0) is 14.3 Å². The summed E-state index contributed by atoms with van der Waals surface area (Å²) in [5, 5.41) is 9.83. The number of methoxy groups -OCH3 is 1. The number of carbonyl (C=O) groups excluding carboxylic acids is 2. The first-order valence-electron chi connectivity index (χ1n) is 10.2. The average molecular weight is 452 g/mol. The fourth-order valence-corrected chi connectivity index (χ4v) is 3.12. The van der Waals surface area contributed by atoms with Crippen molar-refractivity contribution in [3.63, 3.8) is 0 Å². The van der Waals surface area contributed by atoms with Crippen molar-refractivity contribution < 1.29 is 23.5 Å². The van der Waals surface area contributed by atoms with E-state index in [0.717, 1.165) is 22.6 Å². The van der Waals surface area contributed by atoms with Crippen LogP contribution in [-0.4, -0.2) is 42.1 Å². The van der Waals surface area contributed by atoms with Gasteiger partial charge in [-0.2, -0.15) is 5.10 Å². The van der Waals surface area contributed by atoms with Gasteiger partial charge in [0.05, 0.1) is 18.0 Å². The number of ether oxygens (including phenoxy) is 2. The van der Waals surface area contributed by atoms with Crippen LogP contribution in [0.4, 0.5) is 20.6 Å². The number of aromatic nitrogens is 2. The van der Waals surface area contributed by atoms with Crippen molar-refractivity contribution in [1.29, 1.82) is 0 Å². The molecule has 0 radical (unpaired) electrons. The molecule has 0 unspecified atom stereocenters. The molecule has 1 aromatic heterocycles. The lowest BCUT2D eigenvalue weighted by Gasteiger charge is -2.08. The highest BCUT2D eigenvalue weighted by Gasteiger charge is 2.11. The quantitative estimate of drug-likeness (QED) is 0.388. The van der Waals surface area contributed by atoms with Gasteiger partial charge >= 0.3 is 6.09 Å². The zero-order valence-electron chi connectivity index (χ0n) is 18.6. The minimum absolute atomic E-state index is 0.139. The van der Waals surface area contributed by atoms with Crippen LogP contribution >= 0.6 is 0 Å².